The molecule has 1 aromatic heterocycles. The van der Waals surface area contributed by atoms with Gasteiger partial charge in [0.25, 0.3) is 10.0 Å². The molecule has 0 aliphatic carbocycles. The fourth-order valence-corrected chi connectivity index (χ4v) is 4.24. The van der Waals surface area contributed by atoms with Crippen LogP contribution in [-0.4, -0.2) is 24.7 Å². The van der Waals surface area contributed by atoms with E-state index < -0.39 is 10.0 Å². The molecule has 21 heavy (non-hydrogen) atoms. The maximum absolute atomic E-state index is 12.9. The average molecular weight is 306 g/mol. The zero-order valence-corrected chi connectivity index (χ0v) is 12.7. The Bertz CT molecular complexity index is 767. The summed E-state index contributed by atoms with van der Waals surface area (Å²) in [5.41, 5.74) is 7.79. The Labute approximate surface area is 124 Å². The van der Waals surface area contributed by atoms with E-state index in [0.29, 0.717) is 17.9 Å². The van der Waals surface area contributed by atoms with E-state index in [1.54, 1.807) is 29.1 Å². The first-order valence-electron chi connectivity index (χ1n) is 6.89. The SMILES string of the molecule is Cn1ncc2c1CCCCN2S(=O)(=O)c1cccc(N)c1. The summed E-state index contributed by atoms with van der Waals surface area (Å²) in [6.45, 7) is 0.468. The number of nitrogen functional groups attached to an aromatic ring is 1. The molecule has 1 aromatic carbocycles. The predicted octanol–water partition coefficient (Wildman–Crippen LogP) is 1.53. The second-order valence-corrected chi connectivity index (χ2v) is 7.07. The number of fused-ring (bicyclic) bond motifs is 1. The second-order valence-electron chi connectivity index (χ2n) is 5.21. The number of sulfonamides is 1. The van der Waals surface area contributed by atoms with E-state index in [2.05, 4.69) is 5.10 Å². The van der Waals surface area contributed by atoms with Gasteiger partial charge in [-0.05, 0) is 37.5 Å². The lowest BCUT2D eigenvalue weighted by molar-refractivity contribution is 0.589. The van der Waals surface area contributed by atoms with Gasteiger partial charge in [-0.3, -0.25) is 8.99 Å². The number of hydrogen-bond acceptors (Lipinski definition) is 4. The Kier molecular flexibility index (Phi) is 3.36. The van der Waals surface area contributed by atoms with Crippen LogP contribution in [-0.2, 0) is 23.5 Å². The van der Waals surface area contributed by atoms with Gasteiger partial charge in [0.05, 0.1) is 22.5 Å². The Hall–Kier alpha value is -2.02. The molecule has 0 saturated carbocycles. The van der Waals surface area contributed by atoms with Gasteiger partial charge in [-0.15, -0.1) is 0 Å². The molecule has 2 N–H and O–H groups in total. The van der Waals surface area contributed by atoms with Crippen LogP contribution in [0.25, 0.3) is 0 Å². The van der Waals surface area contributed by atoms with E-state index in [4.69, 9.17) is 5.73 Å². The lowest BCUT2D eigenvalue weighted by atomic mass is 10.2. The smallest absolute Gasteiger partial charge is 0.264 e. The molecule has 0 bridgehead atoms. The maximum Gasteiger partial charge on any atom is 0.264 e. The topological polar surface area (TPSA) is 81.2 Å². The van der Waals surface area contributed by atoms with Gasteiger partial charge in [-0.1, -0.05) is 6.07 Å². The normalized spacial score (nSPS) is 15.6. The number of benzene rings is 1. The van der Waals surface area contributed by atoms with Gasteiger partial charge in [0.15, 0.2) is 0 Å². The summed E-state index contributed by atoms with van der Waals surface area (Å²) in [5.74, 6) is 0. The Morgan fingerprint density at radius 2 is 2.10 bits per heavy atom. The van der Waals surface area contributed by atoms with Gasteiger partial charge in [-0.25, -0.2) is 8.42 Å². The number of aryl methyl sites for hydroxylation is 1. The number of aromatic nitrogens is 2. The molecule has 7 heteroatoms. The van der Waals surface area contributed by atoms with Crippen molar-refractivity contribution in [1.29, 1.82) is 0 Å². The van der Waals surface area contributed by atoms with Crippen molar-refractivity contribution in [2.45, 2.75) is 24.2 Å². The Morgan fingerprint density at radius 1 is 1.29 bits per heavy atom. The molecule has 0 fully saturated rings. The van der Waals surface area contributed by atoms with E-state index in [1.165, 1.54) is 10.4 Å². The first kappa shape index (κ1) is 13.9. The molecule has 0 saturated heterocycles. The molecule has 112 valence electrons. The summed E-state index contributed by atoms with van der Waals surface area (Å²) < 4.78 is 29.0. The van der Waals surface area contributed by atoms with Crippen molar-refractivity contribution in [3.05, 3.63) is 36.2 Å². The summed E-state index contributed by atoms with van der Waals surface area (Å²) in [5, 5.41) is 4.20. The molecule has 0 spiro atoms. The monoisotopic (exact) mass is 306 g/mol. The van der Waals surface area contributed by atoms with Gasteiger partial charge < -0.3 is 5.73 Å². The van der Waals surface area contributed by atoms with Crippen LogP contribution >= 0.6 is 0 Å². The molecule has 1 aliphatic rings. The summed E-state index contributed by atoms with van der Waals surface area (Å²) in [6.07, 6.45) is 4.25. The number of anilines is 2. The third-order valence-electron chi connectivity index (χ3n) is 3.78. The van der Waals surface area contributed by atoms with Crippen molar-refractivity contribution in [3.8, 4) is 0 Å². The molecular weight excluding hydrogens is 288 g/mol. The minimum atomic E-state index is -3.61. The highest BCUT2D eigenvalue weighted by molar-refractivity contribution is 7.92. The third-order valence-corrected chi connectivity index (χ3v) is 5.59. The van der Waals surface area contributed by atoms with Gasteiger partial charge in [0.1, 0.15) is 0 Å². The third kappa shape index (κ3) is 2.37. The molecule has 2 heterocycles. The van der Waals surface area contributed by atoms with E-state index in [-0.39, 0.29) is 4.90 Å². The Morgan fingerprint density at radius 3 is 2.86 bits per heavy atom. The van der Waals surface area contributed by atoms with E-state index >= 15 is 0 Å². The van der Waals surface area contributed by atoms with Crippen molar-refractivity contribution < 1.29 is 8.42 Å². The summed E-state index contributed by atoms with van der Waals surface area (Å²) in [4.78, 5) is 0.221. The molecule has 1 aliphatic heterocycles. The van der Waals surface area contributed by atoms with Crippen molar-refractivity contribution in [2.24, 2.45) is 7.05 Å². The van der Waals surface area contributed by atoms with Crippen LogP contribution in [0.2, 0.25) is 0 Å². The van der Waals surface area contributed by atoms with E-state index in [1.807, 2.05) is 7.05 Å². The van der Waals surface area contributed by atoms with Crippen LogP contribution in [0.15, 0.2) is 35.4 Å². The minimum Gasteiger partial charge on any atom is -0.399 e. The molecule has 0 unspecified atom stereocenters. The molecule has 2 aromatic rings. The summed E-state index contributed by atoms with van der Waals surface area (Å²) >= 11 is 0. The van der Waals surface area contributed by atoms with Gasteiger partial charge in [0, 0.05) is 19.3 Å². The Balaban J connectivity index is 2.10. The van der Waals surface area contributed by atoms with Crippen molar-refractivity contribution in [1.82, 2.24) is 9.78 Å². The minimum absolute atomic E-state index is 0.221. The lowest BCUT2D eigenvalue weighted by Gasteiger charge is -2.22. The molecule has 0 atom stereocenters. The highest BCUT2D eigenvalue weighted by Crippen LogP contribution is 2.31. The van der Waals surface area contributed by atoms with Crippen molar-refractivity contribution >= 4 is 21.4 Å². The highest BCUT2D eigenvalue weighted by atomic mass is 32.2. The highest BCUT2D eigenvalue weighted by Gasteiger charge is 2.29. The zero-order chi connectivity index (χ0) is 15.0. The van der Waals surface area contributed by atoms with Crippen LogP contribution in [0.1, 0.15) is 18.5 Å². The fourth-order valence-electron chi connectivity index (χ4n) is 2.67. The maximum atomic E-state index is 12.9. The largest absolute Gasteiger partial charge is 0.399 e. The van der Waals surface area contributed by atoms with Gasteiger partial charge in [-0.2, -0.15) is 5.10 Å². The van der Waals surface area contributed by atoms with Gasteiger partial charge >= 0.3 is 0 Å². The first-order chi connectivity index (χ1) is 10.00. The van der Waals surface area contributed by atoms with E-state index in [9.17, 15) is 8.42 Å². The first-order valence-corrected chi connectivity index (χ1v) is 8.33. The van der Waals surface area contributed by atoms with Crippen molar-refractivity contribution in [3.63, 3.8) is 0 Å². The van der Waals surface area contributed by atoms with Crippen LogP contribution in [0.4, 0.5) is 11.4 Å². The molecule has 0 radical (unpaired) electrons. The average Bonchev–Trinajstić information content (AvgIpc) is 2.69. The molecule has 6 nitrogen and oxygen atoms in total. The summed E-state index contributed by atoms with van der Waals surface area (Å²) in [7, 11) is -1.77. The second kappa shape index (κ2) is 5.07. The van der Waals surface area contributed by atoms with Gasteiger partial charge in [0.2, 0.25) is 0 Å². The van der Waals surface area contributed by atoms with Crippen molar-refractivity contribution in [2.75, 3.05) is 16.6 Å². The predicted molar refractivity (Wildman–Crippen MR) is 81.5 cm³/mol. The van der Waals surface area contributed by atoms with Crippen LogP contribution in [0.5, 0.6) is 0 Å². The van der Waals surface area contributed by atoms with Crippen LogP contribution in [0, 0.1) is 0 Å². The zero-order valence-electron chi connectivity index (χ0n) is 11.9. The molecule has 3 rings (SSSR count). The lowest BCUT2D eigenvalue weighted by Crippen LogP contribution is -2.31. The number of hydrogen-bond donors (Lipinski definition) is 1. The fraction of sp³-hybridized carbons (Fsp3) is 0.357. The number of nitrogens with two attached hydrogens (primary N) is 1. The number of nitrogens with zero attached hydrogens (tertiary/aromatic N) is 3. The standard InChI is InChI=1S/C14H18N4O2S/c1-17-13-7-2-3-8-18(14(13)10-16-17)21(19,20)12-6-4-5-11(15)9-12/h4-6,9-10H,2-3,7-8,15H2,1H3. The molecular formula is C14H18N4O2S. The molecule has 0 amide bonds. The van der Waals surface area contributed by atoms with Crippen LogP contribution in [0.3, 0.4) is 0 Å². The summed E-state index contributed by atoms with van der Waals surface area (Å²) in [6, 6.07) is 6.41. The quantitative estimate of drug-likeness (QED) is 0.853. The van der Waals surface area contributed by atoms with E-state index in [0.717, 1.165) is 25.0 Å². The number of rotatable bonds is 2. The van der Waals surface area contributed by atoms with Crippen LogP contribution < -0.4 is 10.0 Å².